The minimum absolute atomic E-state index is 0.000743. The van der Waals surface area contributed by atoms with Gasteiger partial charge in [0.25, 0.3) is 0 Å². The van der Waals surface area contributed by atoms with Crippen molar-refractivity contribution in [2.45, 2.75) is 307 Å². The summed E-state index contributed by atoms with van der Waals surface area (Å²) in [5.41, 5.74) is 6.64. The number of ketones is 2. The number of methoxy groups -OCH3 is 4. The second-order valence-electron chi connectivity index (χ2n) is 39.1. The van der Waals surface area contributed by atoms with Crippen LogP contribution in [-0.4, -0.2) is 248 Å². The van der Waals surface area contributed by atoms with Crippen molar-refractivity contribution < 1.29 is 72.3 Å². The number of aliphatic hydroxyl groups is 1. The number of carboxylic acids is 1. The summed E-state index contributed by atoms with van der Waals surface area (Å²) in [4.78, 5) is 137. The number of carbonyl (C=O) groups excluding carboxylic acids is 8. The number of aliphatic carboxylic acids is 1. The molecule has 23 nitrogen and oxygen atoms in total. The summed E-state index contributed by atoms with van der Waals surface area (Å²) in [5, 5.41) is 26.5. The van der Waals surface area contributed by atoms with E-state index in [0.717, 1.165) is 57.1 Å². The van der Waals surface area contributed by atoms with Crippen LogP contribution in [0.15, 0.2) is 109 Å². The van der Waals surface area contributed by atoms with E-state index in [9.17, 15) is 53.4 Å². The quantitative estimate of drug-likeness (QED) is 0.0320. The molecule has 2 aliphatic heterocycles. The lowest BCUT2D eigenvalue weighted by Gasteiger charge is -2.41. The fraction of sp³-hybridized carbons (Fsp3) is 0.683. The summed E-state index contributed by atoms with van der Waals surface area (Å²) in [7, 11) is 13.8. The first kappa shape index (κ1) is 110. The van der Waals surface area contributed by atoms with Gasteiger partial charge < -0.3 is 59.4 Å². The van der Waals surface area contributed by atoms with Gasteiger partial charge in [0, 0.05) is 99.8 Å². The van der Waals surface area contributed by atoms with E-state index < -0.39 is 96.3 Å². The second-order valence-corrected chi connectivity index (χ2v) is 39.1. The third-order valence-corrected chi connectivity index (χ3v) is 27.2. The Morgan fingerprint density at radius 1 is 0.441 bits per heavy atom. The van der Waals surface area contributed by atoms with E-state index >= 15 is 0 Å². The number of ether oxygens (including phenoxy) is 4. The van der Waals surface area contributed by atoms with E-state index in [1.54, 1.807) is 70.9 Å². The number of nitrogens with zero attached hydrogens (tertiary/aromatic N) is 6. The Morgan fingerprint density at radius 2 is 0.787 bits per heavy atom. The molecule has 2 heterocycles. The zero-order chi connectivity index (χ0) is 95.0. The highest BCUT2D eigenvalue weighted by Gasteiger charge is 2.47. The number of nitrogens with one attached hydrogen (secondary N) is 2. The normalized spacial score (nSPS) is 18.4. The molecule has 0 bridgehead atoms. The van der Waals surface area contributed by atoms with Crippen molar-refractivity contribution in [3.05, 3.63) is 143 Å². The van der Waals surface area contributed by atoms with Crippen LogP contribution < -0.4 is 10.6 Å². The van der Waals surface area contributed by atoms with E-state index in [0.29, 0.717) is 56.3 Å². The van der Waals surface area contributed by atoms with Crippen LogP contribution in [0.1, 0.15) is 235 Å². The first-order valence-corrected chi connectivity index (χ1v) is 47.5. The summed E-state index contributed by atoms with van der Waals surface area (Å²) in [6, 6.07) is 31.9. The highest BCUT2D eigenvalue weighted by atomic mass is 16.5. The smallest absolute Gasteiger partial charge is 0.326 e. The molecule has 0 aliphatic carbocycles. The Morgan fingerprint density at radius 3 is 1.11 bits per heavy atom. The first-order valence-electron chi connectivity index (χ1n) is 47.5. The lowest BCUT2D eigenvalue weighted by atomic mass is 9.83. The van der Waals surface area contributed by atoms with Gasteiger partial charge >= 0.3 is 5.97 Å². The maximum Gasteiger partial charge on any atom is 0.326 e. The predicted octanol–water partition coefficient (Wildman–Crippen LogP) is 15.1. The van der Waals surface area contributed by atoms with Crippen LogP contribution in [0.25, 0.3) is 0 Å². The van der Waals surface area contributed by atoms with E-state index in [1.807, 2.05) is 107 Å². The van der Waals surface area contributed by atoms with Crippen LogP contribution in [0, 0.1) is 71.0 Å². The topological polar surface area (TPSA) is 275 Å². The standard InChI is InChI=1S/C52H82N4O8.C52H84N4O7/c1-14-36(8)48(55(11)51(60)41(34(4)5)31-44(57)47(35(6)7)54(10)28-26-38-22-24-40(25-23-38)29-33(2)3)45(63-12)32-46(58)56-27-18-21-43(56)49(64-13)37(9)50(59)53-42(52(61)62)30-39-19-16-15-17-20-39;1-15-36(8)48(55(12)52(61)42(34(4)5)31-44(57)47(35(6)7)54(11)29-27-39-23-25-40(26-24-39)30-33(2)3)45(62-13)32-46(58)56-28-19-22-43(56)50(63-14)37(9)51(60)53-38(10)49(59)41-20-17-16-18-21-41/h15-17,19-20,22-25,33-37,41-43,45,47-49H,14,18,21,26-32H2,1-13H3,(H,53,59)(H,61,62);16-18,20-21,23-26,33-38,42-43,45,47-50,59H,15,19,22,27-32H2,1-14H3,(H,53,60)/t36-,37+,41-,42-,43-,45+,47-,48-,49+;36-,37+,38+,42-,43-,45+,47-,48-,49+,50+/m00/s1. The van der Waals surface area contributed by atoms with Gasteiger partial charge in [-0.25, -0.2) is 4.79 Å². The number of hydrogen-bond donors (Lipinski definition) is 4. The zero-order valence-electron chi connectivity index (χ0n) is 82.6. The molecule has 4 aromatic rings. The van der Waals surface area contributed by atoms with Crippen LogP contribution in [0.5, 0.6) is 0 Å². The fourth-order valence-electron chi connectivity index (χ4n) is 19.5. The Kier molecular flexibility index (Phi) is 46.8. The number of carboxylic acid groups (broad SMARTS) is 1. The third-order valence-electron chi connectivity index (χ3n) is 27.2. The van der Waals surface area contributed by atoms with Crippen LogP contribution >= 0.6 is 0 Å². The largest absolute Gasteiger partial charge is 0.480 e. The minimum Gasteiger partial charge on any atom is -0.480 e. The second kappa shape index (κ2) is 54.1. The Hall–Kier alpha value is -7.77. The van der Waals surface area contributed by atoms with E-state index in [-0.39, 0.29) is 127 Å². The molecule has 2 fully saturated rings. The number of aliphatic hydroxyl groups excluding tert-OH is 1. The van der Waals surface area contributed by atoms with Crippen molar-refractivity contribution in [1.29, 1.82) is 0 Å². The molecule has 6 amide bonds. The summed E-state index contributed by atoms with van der Waals surface area (Å²) < 4.78 is 24.1. The molecule has 0 saturated carbocycles. The predicted molar refractivity (Wildman–Crippen MR) is 507 cm³/mol. The molecule has 0 aromatic heterocycles. The fourth-order valence-corrected chi connectivity index (χ4v) is 19.5. The number of carbonyl (C=O) groups is 9. The molecule has 4 aromatic carbocycles. The van der Waals surface area contributed by atoms with Gasteiger partial charge in [0.2, 0.25) is 35.4 Å². The van der Waals surface area contributed by atoms with Crippen molar-refractivity contribution in [2.75, 3.05) is 82.8 Å². The minimum atomic E-state index is -1.13. The number of Topliss-reactive ketones (excluding diaryl/α,β-unsaturated/α-hetero) is 2. The molecule has 2 aliphatic rings. The maximum atomic E-state index is 14.7. The van der Waals surface area contributed by atoms with Crippen LogP contribution in [0.3, 0.4) is 0 Å². The highest BCUT2D eigenvalue weighted by Crippen LogP contribution is 2.36. The van der Waals surface area contributed by atoms with Crippen LogP contribution in [0.2, 0.25) is 0 Å². The van der Waals surface area contributed by atoms with Gasteiger partial charge in [-0.15, -0.1) is 0 Å². The molecule has 0 radical (unpaired) electrons. The van der Waals surface area contributed by atoms with E-state index in [2.05, 4.69) is 152 Å². The zero-order valence-corrected chi connectivity index (χ0v) is 82.6. The van der Waals surface area contributed by atoms with Gasteiger partial charge in [-0.2, -0.15) is 0 Å². The average Bonchev–Trinajstić information content (AvgIpc) is 1.79. The van der Waals surface area contributed by atoms with Gasteiger partial charge in [-0.05, 0) is 153 Å². The Bertz CT molecular complexity index is 3980. The monoisotopic (exact) mass is 1770 g/mol. The number of hydrogen-bond acceptors (Lipinski definition) is 16. The Balaban J connectivity index is 0.000000450. The van der Waals surface area contributed by atoms with Crippen LogP contribution in [-0.2, 0) is 94.2 Å². The van der Waals surface area contributed by atoms with Gasteiger partial charge in [-0.1, -0.05) is 247 Å². The molecule has 0 unspecified atom stereocenters. The average molecular weight is 1770 g/mol. The van der Waals surface area contributed by atoms with Gasteiger partial charge in [0.05, 0.1) is 97.5 Å². The molecule has 23 heteroatoms. The van der Waals surface area contributed by atoms with Gasteiger partial charge in [0.1, 0.15) is 6.04 Å². The Labute approximate surface area is 764 Å². The molecule has 2 saturated heterocycles. The SMILES string of the molecule is CC[C@H](C)[C@@H]([C@@H](CC(=O)N1CCC[C@H]1[C@H](OC)[C@@H](C)C(=O)N[C@@H](Cc1ccccc1)C(=O)O)OC)N(C)C(=O)[C@@H](CC(=O)[C@H](C(C)C)N(C)CCc1ccc(CC(C)C)cc1)C(C)C.CC[C@H](C)[C@@H]([C@@H](CC(=O)N1CCC[C@H]1[C@H](OC)[C@@H](C)C(=O)N[C@H](C)[C@@H](O)c1ccccc1)OC)N(C)C(=O)[C@@H](CC(=O)[C@H](C(C)C)N(C)CCc1ccc(CC(C)C)cc1)C(C)C. The van der Waals surface area contributed by atoms with Gasteiger partial charge in [-0.3, -0.25) is 48.2 Å². The van der Waals surface area contributed by atoms with Gasteiger partial charge in [0.15, 0.2) is 11.6 Å². The highest BCUT2D eigenvalue weighted by molar-refractivity contribution is 5.92. The van der Waals surface area contributed by atoms with Crippen molar-refractivity contribution in [1.82, 2.24) is 40.0 Å². The molecular weight excluding hydrogens is 1600 g/mol. The van der Waals surface area contributed by atoms with E-state index in [4.69, 9.17) is 18.9 Å². The summed E-state index contributed by atoms with van der Waals surface area (Å²) >= 11 is 0. The third kappa shape index (κ3) is 32.3. The van der Waals surface area contributed by atoms with Crippen LogP contribution in [0.4, 0.5) is 0 Å². The summed E-state index contributed by atoms with van der Waals surface area (Å²) in [6.07, 6.45) is 5.02. The van der Waals surface area contributed by atoms with Crippen molar-refractivity contribution >= 4 is 53.0 Å². The molecular formula is C104H166N8O15. The molecule has 6 rings (SSSR count). The number of likely N-dealkylation sites (tertiary alicyclic amines) is 2. The number of benzene rings is 4. The molecule has 19 atom stereocenters. The number of rotatable bonds is 53. The van der Waals surface area contributed by atoms with Crippen molar-refractivity contribution in [3.8, 4) is 0 Å². The molecule has 0 spiro atoms. The summed E-state index contributed by atoms with van der Waals surface area (Å²) in [5.74, 6) is -3.69. The van der Waals surface area contributed by atoms with Crippen molar-refractivity contribution in [3.63, 3.8) is 0 Å². The van der Waals surface area contributed by atoms with E-state index in [1.165, 1.54) is 29.4 Å². The lowest BCUT2D eigenvalue weighted by Crippen LogP contribution is -2.55. The summed E-state index contributed by atoms with van der Waals surface area (Å²) in [6.45, 7) is 41.1. The molecule has 4 N–H and O–H groups in total. The number of amides is 6. The molecule has 127 heavy (non-hydrogen) atoms. The maximum absolute atomic E-state index is 14.7. The lowest BCUT2D eigenvalue weighted by molar-refractivity contribution is -0.149. The first-order chi connectivity index (χ1) is 60.0. The van der Waals surface area contributed by atoms with Crippen molar-refractivity contribution in [2.24, 2.45) is 71.0 Å². The molecule has 712 valence electrons. The number of likely N-dealkylation sites (N-methyl/N-ethyl adjacent to an activating group) is 4.